The van der Waals surface area contributed by atoms with E-state index in [1.54, 1.807) is 0 Å². The second-order valence-corrected chi connectivity index (χ2v) is 4.02. The molecular formula is C13H19N2O+. The van der Waals surface area contributed by atoms with Crippen molar-refractivity contribution in [2.75, 3.05) is 11.9 Å². The van der Waals surface area contributed by atoms with Crippen LogP contribution in [0.4, 0.5) is 5.69 Å². The molecule has 1 aromatic rings. The van der Waals surface area contributed by atoms with E-state index in [0.717, 1.165) is 35.3 Å². The number of hydrogen-bond acceptors (Lipinski definition) is 2. The lowest BCUT2D eigenvalue weighted by molar-refractivity contribution is 0.465. The molecule has 16 heavy (non-hydrogen) atoms. The van der Waals surface area contributed by atoms with Gasteiger partial charge in [-0.25, -0.2) is 0 Å². The van der Waals surface area contributed by atoms with Crippen LogP contribution in [0.1, 0.15) is 35.6 Å². The molecule has 3 heteroatoms. The first-order valence-corrected chi connectivity index (χ1v) is 5.56. The molecule has 0 spiro atoms. The molecule has 0 fully saturated rings. The van der Waals surface area contributed by atoms with E-state index in [1.807, 2.05) is 13.8 Å². The highest BCUT2D eigenvalue weighted by molar-refractivity contribution is 5.65. The van der Waals surface area contributed by atoms with Crippen molar-refractivity contribution >= 4 is 5.69 Å². The number of rotatable bonds is 3. The Balaban J connectivity index is 3.25. The Labute approximate surface area is 96.9 Å². The number of benzene rings is 1. The van der Waals surface area contributed by atoms with E-state index in [9.17, 15) is 0 Å². The quantitative estimate of drug-likeness (QED) is 0.763. The van der Waals surface area contributed by atoms with Gasteiger partial charge in [-0.05, 0) is 43.9 Å². The molecule has 0 saturated carbocycles. The second kappa shape index (κ2) is 5.41. The van der Waals surface area contributed by atoms with Crippen molar-refractivity contribution in [2.45, 2.75) is 34.1 Å². The van der Waals surface area contributed by atoms with Gasteiger partial charge in [0, 0.05) is 12.2 Å². The van der Waals surface area contributed by atoms with Gasteiger partial charge in [0.05, 0.1) is 0 Å². The molecular weight excluding hydrogens is 200 g/mol. The highest BCUT2D eigenvalue weighted by Crippen LogP contribution is 2.26. The maximum atomic E-state index is 8.60. The Morgan fingerprint density at radius 3 is 2.56 bits per heavy atom. The fourth-order valence-electron chi connectivity index (χ4n) is 1.93. The molecule has 0 bridgehead atoms. The monoisotopic (exact) mass is 219 g/mol. The predicted molar refractivity (Wildman–Crippen MR) is 67.6 cm³/mol. The van der Waals surface area contributed by atoms with Crippen molar-refractivity contribution in [3.8, 4) is 6.07 Å². The van der Waals surface area contributed by atoms with Gasteiger partial charge in [0.2, 0.25) is 5.01 Å². The highest BCUT2D eigenvalue weighted by atomic mass is 16.4. The summed E-state index contributed by atoms with van der Waals surface area (Å²) in [5.41, 5.74) is 5.37. The van der Waals surface area contributed by atoms with Crippen LogP contribution in [-0.4, -0.2) is 11.8 Å². The van der Waals surface area contributed by atoms with Crippen LogP contribution >= 0.6 is 0 Å². The molecule has 86 valence electrons. The topological polar surface area (TPSA) is 36.6 Å². The molecule has 0 aliphatic rings. The minimum atomic E-state index is 0.867. The van der Waals surface area contributed by atoms with Gasteiger partial charge in [-0.1, -0.05) is 13.0 Å². The molecule has 0 radical (unpaired) electrons. The normalized spacial score (nSPS) is 9.50. The van der Waals surface area contributed by atoms with Crippen LogP contribution in [0.15, 0.2) is 6.07 Å². The zero-order valence-corrected chi connectivity index (χ0v) is 10.4. The Morgan fingerprint density at radius 1 is 1.31 bits per heavy atom. The third-order valence-electron chi connectivity index (χ3n) is 2.69. The largest absolute Gasteiger partial charge is 0.388 e. The van der Waals surface area contributed by atoms with Crippen molar-refractivity contribution in [3.05, 3.63) is 33.3 Å². The van der Waals surface area contributed by atoms with E-state index in [4.69, 9.17) is 5.21 Å². The minimum absolute atomic E-state index is 0.867. The Morgan fingerprint density at radius 2 is 2.00 bits per heavy atom. The molecule has 1 aromatic carbocycles. The molecule has 0 unspecified atom stereocenters. The summed E-state index contributed by atoms with van der Waals surface area (Å²) in [7, 11) is 0. The summed E-state index contributed by atoms with van der Waals surface area (Å²) in [6.45, 7) is 9.18. The average Bonchev–Trinajstić information content (AvgIpc) is 2.24. The fraction of sp³-hybridized carbons (Fsp3) is 0.462. The first-order chi connectivity index (χ1) is 7.61. The van der Waals surface area contributed by atoms with Crippen LogP contribution in [0.5, 0.6) is 0 Å². The Kier molecular flexibility index (Phi) is 4.19. The number of hydrogen-bond donors (Lipinski definition) is 2. The number of anilines is 1. The van der Waals surface area contributed by atoms with Crippen LogP contribution in [0.3, 0.4) is 0 Å². The molecule has 0 aromatic heterocycles. The Hall–Kier alpha value is -1.69. The van der Waals surface area contributed by atoms with Gasteiger partial charge in [-0.15, -0.1) is 0 Å². The summed E-state index contributed by atoms with van der Waals surface area (Å²) in [5.74, 6) is 0. The standard InChI is InChI=1S/C13H18N2O/c1-5-6-14-13-10(3)7-9(2)12(8-15-16)11(13)4/h7,14H,5-6H2,1-4H3/p+1. The Bertz CT molecular complexity index is 441. The summed E-state index contributed by atoms with van der Waals surface area (Å²) in [6.07, 6.45) is 1.08. The van der Waals surface area contributed by atoms with E-state index < -0.39 is 0 Å². The van der Waals surface area contributed by atoms with E-state index in [1.165, 1.54) is 5.56 Å². The van der Waals surface area contributed by atoms with Gasteiger partial charge in [0.25, 0.3) is 0 Å². The molecule has 0 aliphatic heterocycles. The van der Waals surface area contributed by atoms with E-state index in [2.05, 4.69) is 36.3 Å². The van der Waals surface area contributed by atoms with Gasteiger partial charge < -0.3 is 5.32 Å². The van der Waals surface area contributed by atoms with Crippen LogP contribution in [0, 0.1) is 26.8 Å². The third-order valence-corrected chi connectivity index (χ3v) is 2.69. The highest BCUT2D eigenvalue weighted by Gasteiger charge is 2.13. The van der Waals surface area contributed by atoms with Gasteiger partial charge in [0.1, 0.15) is 5.56 Å². The summed E-state index contributed by atoms with van der Waals surface area (Å²) in [6, 6.07) is 4.71. The SMILES string of the molecule is CCCNc1c(C)cc(C)c(C#[N+]O)c1C. The molecule has 2 N–H and O–H groups in total. The van der Waals surface area contributed by atoms with Crippen LogP contribution in [-0.2, 0) is 0 Å². The lowest BCUT2D eigenvalue weighted by atomic mass is 9.98. The average molecular weight is 219 g/mol. The molecule has 1 rings (SSSR count). The third kappa shape index (κ3) is 2.46. The summed E-state index contributed by atoms with van der Waals surface area (Å²) >= 11 is 0. The molecule has 3 nitrogen and oxygen atoms in total. The number of nitrogens with zero attached hydrogens (tertiary/aromatic N) is 1. The lowest BCUT2D eigenvalue weighted by Gasteiger charge is -2.13. The van der Waals surface area contributed by atoms with E-state index in [-0.39, 0.29) is 0 Å². The van der Waals surface area contributed by atoms with Crippen molar-refractivity contribution in [2.24, 2.45) is 0 Å². The zero-order chi connectivity index (χ0) is 12.1. The van der Waals surface area contributed by atoms with E-state index in [0.29, 0.717) is 0 Å². The van der Waals surface area contributed by atoms with Crippen molar-refractivity contribution in [1.29, 1.82) is 0 Å². The minimum Gasteiger partial charge on any atom is -0.385 e. The fourth-order valence-corrected chi connectivity index (χ4v) is 1.93. The molecule has 0 atom stereocenters. The van der Waals surface area contributed by atoms with Crippen molar-refractivity contribution in [1.82, 2.24) is 0 Å². The van der Waals surface area contributed by atoms with Gasteiger partial charge in [-0.3, -0.25) is 0 Å². The molecule has 0 saturated heterocycles. The van der Waals surface area contributed by atoms with Crippen LogP contribution in [0.2, 0.25) is 0 Å². The van der Waals surface area contributed by atoms with Crippen LogP contribution < -0.4 is 5.32 Å². The van der Waals surface area contributed by atoms with Gasteiger partial charge in [-0.2, -0.15) is 5.21 Å². The second-order valence-electron chi connectivity index (χ2n) is 4.02. The molecule has 0 heterocycles. The van der Waals surface area contributed by atoms with Gasteiger partial charge >= 0.3 is 6.07 Å². The zero-order valence-electron chi connectivity index (χ0n) is 10.4. The van der Waals surface area contributed by atoms with E-state index >= 15 is 0 Å². The smallest absolute Gasteiger partial charge is 0.385 e. The number of aryl methyl sites for hydroxylation is 2. The molecule has 0 amide bonds. The maximum absolute atomic E-state index is 8.60. The van der Waals surface area contributed by atoms with Gasteiger partial charge in [0.15, 0.2) is 0 Å². The summed E-state index contributed by atoms with van der Waals surface area (Å²) < 4.78 is 0. The summed E-state index contributed by atoms with van der Waals surface area (Å²) in [4.78, 5) is 0. The number of nitrogens with one attached hydrogen (secondary N) is 1. The first kappa shape index (κ1) is 12.4. The van der Waals surface area contributed by atoms with Crippen LogP contribution in [0.25, 0.3) is 5.01 Å². The lowest BCUT2D eigenvalue weighted by Crippen LogP contribution is -2.05. The maximum Gasteiger partial charge on any atom is 0.388 e. The first-order valence-electron chi connectivity index (χ1n) is 5.56. The molecule has 0 aliphatic carbocycles. The van der Waals surface area contributed by atoms with Crippen molar-refractivity contribution in [3.63, 3.8) is 0 Å². The predicted octanol–water partition coefficient (Wildman–Crippen LogP) is 3.50. The summed E-state index contributed by atoms with van der Waals surface area (Å²) in [5, 5.41) is 15.0. The van der Waals surface area contributed by atoms with Crippen molar-refractivity contribution < 1.29 is 5.21 Å².